The number of nitrogens with two attached hydrogens (primary N) is 2. The van der Waals surface area contributed by atoms with Gasteiger partial charge in [-0.25, -0.2) is 9.59 Å². The van der Waals surface area contributed by atoms with Crippen LogP contribution in [0.4, 0.5) is 0 Å². The molecule has 4 N–H and O–H groups in total. The van der Waals surface area contributed by atoms with Crippen molar-refractivity contribution in [2.75, 3.05) is 0 Å². The van der Waals surface area contributed by atoms with Gasteiger partial charge >= 0.3 is 11.9 Å². The summed E-state index contributed by atoms with van der Waals surface area (Å²) in [5.41, 5.74) is 9.46. The van der Waals surface area contributed by atoms with Crippen LogP contribution in [0.3, 0.4) is 0 Å². The van der Waals surface area contributed by atoms with E-state index in [0.29, 0.717) is 0 Å². The zero-order valence-corrected chi connectivity index (χ0v) is 11.7. The first kappa shape index (κ1) is 17.7. The summed E-state index contributed by atoms with van der Waals surface area (Å²) >= 11 is 21.1. The highest BCUT2D eigenvalue weighted by Crippen LogP contribution is 2.19. The lowest BCUT2D eigenvalue weighted by atomic mass is 10.4. The fourth-order valence-corrected chi connectivity index (χ4v) is 0.987. The predicted octanol–water partition coefficient (Wildman–Crippen LogP) is 0.405. The molecule has 0 aliphatic rings. The molecule has 7 nitrogen and oxygen atoms in total. The normalized spacial score (nSPS) is 13.1. The van der Waals surface area contributed by atoms with E-state index in [1.165, 1.54) is 0 Å². The highest BCUT2D eigenvalue weighted by Gasteiger charge is 2.24. The van der Waals surface area contributed by atoms with Gasteiger partial charge in [0.05, 0.1) is 0 Å². The summed E-state index contributed by atoms with van der Waals surface area (Å²) in [6.45, 7) is 0. The van der Waals surface area contributed by atoms with Crippen LogP contribution in [0.1, 0.15) is 0 Å². The maximum Gasteiger partial charge on any atom is 0.359 e. The van der Waals surface area contributed by atoms with Gasteiger partial charge in [-0.1, -0.05) is 46.4 Å². The molecule has 0 aromatic carbocycles. The molecule has 0 fully saturated rings. The van der Waals surface area contributed by atoms with Crippen molar-refractivity contribution in [2.45, 2.75) is 0 Å². The molecule has 0 atom stereocenters. The largest absolute Gasteiger partial charge is 0.384 e. The molecule has 0 aliphatic carbocycles. The molecule has 0 aliphatic heterocycles. The van der Waals surface area contributed by atoms with Crippen molar-refractivity contribution in [3.8, 4) is 0 Å². The van der Waals surface area contributed by atoms with Crippen molar-refractivity contribution in [1.82, 2.24) is 0 Å². The van der Waals surface area contributed by atoms with Gasteiger partial charge in [-0.2, -0.15) is 0 Å². The molecule has 0 heterocycles. The molecular weight excluding hydrogens is 346 g/mol. The number of carbonyl (C=O) groups is 4. The van der Waals surface area contributed by atoms with Gasteiger partial charge in [0.2, 0.25) is 0 Å². The monoisotopic (exact) mass is 348 g/mol. The van der Waals surface area contributed by atoms with Crippen molar-refractivity contribution in [3.05, 3.63) is 20.1 Å². The second-order valence-corrected chi connectivity index (χ2v) is 4.17. The zero-order chi connectivity index (χ0) is 15.3. The Hall–Kier alpha value is -1.28. The molecule has 0 radical (unpaired) electrons. The number of ether oxygens (including phenoxy) is 1. The van der Waals surface area contributed by atoms with Gasteiger partial charge in [0.15, 0.2) is 10.1 Å². The van der Waals surface area contributed by atoms with E-state index in [1.54, 1.807) is 0 Å². The number of carbonyl (C=O) groups excluding carboxylic acids is 4. The molecule has 0 saturated heterocycles. The summed E-state index contributed by atoms with van der Waals surface area (Å²) in [5.74, 6) is -5.45. The Morgan fingerprint density at radius 1 is 0.632 bits per heavy atom. The van der Waals surface area contributed by atoms with E-state index in [4.69, 9.17) is 57.9 Å². The van der Waals surface area contributed by atoms with E-state index in [9.17, 15) is 19.2 Å². The van der Waals surface area contributed by atoms with E-state index in [2.05, 4.69) is 4.74 Å². The highest BCUT2D eigenvalue weighted by atomic mass is 35.5. The number of halogens is 4. The fourth-order valence-electron chi connectivity index (χ4n) is 0.569. The van der Waals surface area contributed by atoms with Crippen LogP contribution in [0.25, 0.3) is 0 Å². The number of primary amides is 2. The smallest absolute Gasteiger partial charge is 0.359 e. The van der Waals surface area contributed by atoms with Crippen LogP contribution in [-0.4, -0.2) is 23.8 Å². The fraction of sp³-hybridized carbons (Fsp3) is 0. The molecule has 0 unspecified atom stereocenters. The van der Waals surface area contributed by atoms with Crippen molar-refractivity contribution < 1.29 is 23.9 Å². The van der Waals surface area contributed by atoms with Gasteiger partial charge in [-0.3, -0.25) is 9.59 Å². The molecule has 0 bridgehead atoms. The maximum absolute atomic E-state index is 11.2. The minimum atomic E-state index is -1.51. The van der Waals surface area contributed by atoms with Crippen LogP contribution in [0, 0.1) is 0 Å². The zero-order valence-electron chi connectivity index (χ0n) is 8.71. The number of amides is 2. The third kappa shape index (κ3) is 5.07. The number of hydrogen-bond donors (Lipinski definition) is 2. The summed E-state index contributed by atoms with van der Waals surface area (Å²) in [4.78, 5) is 43.7. The second-order valence-electron chi connectivity index (χ2n) is 2.66. The highest BCUT2D eigenvalue weighted by molar-refractivity contribution is 6.55. The van der Waals surface area contributed by atoms with Gasteiger partial charge in [0, 0.05) is 0 Å². The Balaban J connectivity index is 5.11. The van der Waals surface area contributed by atoms with Crippen molar-refractivity contribution in [3.63, 3.8) is 0 Å². The SMILES string of the molecule is NC(=O)/C(Cl)=C(/Cl)C(=O)OC(=O)/C(Cl)=C(/Cl)C(N)=O. The first-order valence-electron chi connectivity index (χ1n) is 4.06. The van der Waals surface area contributed by atoms with E-state index in [0.717, 1.165) is 0 Å². The molecule has 2 amide bonds. The average Bonchev–Trinajstić information content (AvgIpc) is 2.34. The van der Waals surface area contributed by atoms with Crippen LogP contribution in [0.15, 0.2) is 20.1 Å². The van der Waals surface area contributed by atoms with Crippen molar-refractivity contribution >= 4 is 70.2 Å². The Kier molecular flexibility index (Phi) is 6.85. The molecular formula is C8H4Cl4N2O5. The molecule has 0 rings (SSSR count). The minimum Gasteiger partial charge on any atom is -0.384 e. The third-order valence-electron chi connectivity index (χ3n) is 1.36. The van der Waals surface area contributed by atoms with Crippen LogP contribution < -0.4 is 11.5 Å². The van der Waals surface area contributed by atoms with Gasteiger partial charge in [-0.05, 0) is 0 Å². The van der Waals surface area contributed by atoms with Gasteiger partial charge in [-0.15, -0.1) is 0 Å². The van der Waals surface area contributed by atoms with Gasteiger partial charge in [0.25, 0.3) is 11.8 Å². The van der Waals surface area contributed by atoms with E-state index >= 15 is 0 Å². The lowest BCUT2D eigenvalue weighted by Crippen LogP contribution is -2.19. The molecule has 0 aromatic rings. The lowest BCUT2D eigenvalue weighted by molar-refractivity contribution is -0.153. The summed E-state index contributed by atoms with van der Waals surface area (Å²) in [6.07, 6.45) is 0. The Bertz CT molecular complexity index is 479. The minimum absolute atomic E-state index is 0.847. The first-order valence-corrected chi connectivity index (χ1v) is 5.57. The summed E-state index contributed by atoms with van der Waals surface area (Å²) in [6, 6.07) is 0. The lowest BCUT2D eigenvalue weighted by Gasteiger charge is -2.03. The molecule has 0 spiro atoms. The standard InChI is InChI=1S/C8H4Cl4N2O5/c9-1(5(13)15)3(11)7(17)19-8(18)4(12)2(10)6(14)16/h(H2,13,15)(H2,14,16)/b3-1-,4-2-. The summed E-state index contributed by atoms with van der Waals surface area (Å²) in [5, 5.41) is -3.58. The Labute approximate surface area is 126 Å². The number of rotatable bonds is 4. The van der Waals surface area contributed by atoms with E-state index in [1.807, 2.05) is 0 Å². The Morgan fingerprint density at radius 3 is 1.11 bits per heavy atom. The van der Waals surface area contributed by atoms with E-state index < -0.39 is 43.9 Å². The first-order chi connectivity index (χ1) is 8.59. The molecule has 0 aromatic heterocycles. The van der Waals surface area contributed by atoms with Crippen LogP contribution in [0.2, 0.25) is 0 Å². The topological polar surface area (TPSA) is 130 Å². The second kappa shape index (κ2) is 7.34. The number of esters is 2. The summed E-state index contributed by atoms with van der Waals surface area (Å²) < 4.78 is 4.07. The van der Waals surface area contributed by atoms with Gasteiger partial charge < -0.3 is 16.2 Å². The Morgan fingerprint density at radius 2 is 0.895 bits per heavy atom. The van der Waals surface area contributed by atoms with E-state index in [-0.39, 0.29) is 0 Å². The predicted molar refractivity (Wildman–Crippen MR) is 67.0 cm³/mol. The quantitative estimate of drug-likeness (QED) is 0.431. The van der Waals surface area contributed by atoms with Crippen LogP contribution in [0.5, 0.6) is 0 Å². The maximum atomic E-state index is 11.2. The van der Waals surface area contributed by atoms with Crippen LogP contribution in [-0.2, 0) is 23.9 Å². The molecule has 11 heteroatoms. The molecule has 0 saturated carbocycles. The van der Waals surface area contributed by atoms with Crippen molar-refractivity contribution in [1.29, 1.82) is 0 Å². The van der Waals surface area contributed by atoms with Crippen LogP contribution >= 0.6 is 46.4 Å². The van der Waals surface area contributed by atoms with Gasteiger partial charge in [0.1, 0.15) is 10.1 Å². The van der Waals surface area contributed by atoms with Crippen molar-refractivity contribution in [2.24, 2.45) is 11.5 Å². The number of hydrogen-bond acceptors (Lipinski definition) is 5. The summed E-state index contributed by atoms with van der Waals surface area (Å²) in [7, 11) is 0. The third-order valence-corrected chi connectivity index (χ3v) is 2.99. The molecule has 19 heavy (non-hydrogen) atoms. The average molecular weight is 350 g/mol. The molecule has 104 valence electrons.